The van der Waals surface area contributed by atoms with E-state index in [1.165, 1.54) is 0 Å². The third-order valence-electron chi connectivity index (χ3n) is 6.72. The second kappa shape index (κ2) is 11.1. The van der Waals surface area contributed by atoms with Crippen LogP contribution in [-0.2, 0) is 20.4 Å². The maximum absolute atomic E-state index is 13.1. The number of carbonyl (C=O) groups excluding carboxylic acids is 1. The van der Waals surface area contributed by atoms with E-state index in [2.05, 4.69) is 39.2 Å². The van der Waals surface area contributed by atoms with Gasteiger partial charge in [0.05, 0.1) is 18.2 Å². The van der Waals surface area contributed by atoms with Gasteiger partial charge in [-0.05, 0) is 35.8 Å². The van der Waals surface area contributed by atoms with Crippen molar-refractivity contribution in [1.82, 2.24) is 5.32 Å². The largest absolute Gasteiger partial charge is 0.454 e. The van der Waals surface area contributed by atoms with Gasteiger partial charge < -0.3 is 29.4 Å². The number of carbonyl (C=O) groups is 1. The first-order valence-electron chi connectivity index (χ1n) is 11.7. The average Bonchev–Trinajstić information content (AvgIpc) is 2.80. The van der Waals surface area contributed by atoms with Crippen LogP contribution in [0.2, 0.25) is 18.1 Å². The Labute approximate surface area is 203 Å². The molecule has 1 heterocycles. The second-order valence-electron chi connectivity index (χ2n) is 10.2. The smallest absolute Gasteiger partial charge is 0.338 e. The molecule has 0 amide bonds. The number of nitrogens with one attached hydrogen (secondary N) is 1. The minimum atomic E-state index is -2.35. The van der Waals surface area contributed by atoms with Crippen molar-refractivity contribution >= 4 is 14.3 Å². The molecule has 8 heteroatoms. The molecule has 1 fully saturated rings. The second-order valence-corrected chi connectivity index (χ2v) is 15.0. The van der Waals surface area contributed by atoms with Gasteiger partial charge >= 0.3 is 5.97 Å². The number of aliphatic hydroxyl groups is 2. The Morgan fingerprint density at radius 3 is 2.18 bits per heavy atom. The molecule has 0 radical (unpaired) electrons. The first kappa shape index (κ1) is 26.5. The Morgan fingerprint density at radius 1 is 1.03 bits per heavy atom. The first-order valence-corrected chi connectivity index (χ1v) is 14.6. The lowest BCUT2D eigenvalue weighted by Gasteiger charge is -2.48. The minimum Gasteiger partial charge on any atom is -0.454 e. The van der Waals surface area contributed by atoms with E-state index in [-0.39, 0.29) is 11.6 Å². The van der Waals surface area contributed by atoms with Crippen LogP contribution in [-0.4, -0.2) is 61.8 Å². The van der Waals surface area contributed by atoms with Crippen molar-refractivity contribution in [2.75, 3.05) is 6.61 Å². The SMILES string of the molecule is CC(C)(C)[Si](C)(C)O[C@H]1[C@H](OC(=O)c2ccccc2)[C@@H](NCc2ccccc2)[C@@H](O)O[C@@H]1CO. The lowest BCUT2D eigenvalue weighted by molar-refractivity contribution is -0.251. The average molecular weight is 488 g/mol. The Morgan fingerprint density at radius 2 is 1.62 bits per heavy atom. The van der Waals surface area contributed by atoms with Gasteiger partial charge in [-0.15, -0.1) is 0 Å². The summed E-state index contributed by atoms with van der Waals surface area (Å²) in [4.78, 5) is 13.1. The van der Waals surface area contributed by atoms with E-state index in [4.69, 9.17) is 13.9 Å². The van der Waals surface area contributed by atoms with Crippen LogP contribution in [0.15, 0.2) is 60.7 Å². The van der Waals surface area contributed by atoms with Gasteiger partial charge in [-0.1, -0.05) is 69.3 Å². The van der Waals surface area contributed by atoms with E-state index in [0.29, 0.717) is 12.1 Å². The van der Waals surface area contributed by atoms with Gasteiger partial charge in [0.15, 0.2) is 14.6 Å². The zero-order valence-electron chi connectivity index (χ0n) is 20.6. The highest BCUT2D eigenvalue weighted by molar-refractivity contribution is 6.74. The first-order chi connectivity index (χ1) is 16.0. The number of rotatable bonds is 8. The molecule has 7 nitrogen and oxygen atoms in total. The molecule has 1 saturated heterocycles. The molecule has 3 N–H and O–H groups in total. The van der Waals surface area contributed by atoms with Gasteiger partial charge in [0.2, 0.25) is 0 Å². The standard InChI is InChI=1S/C26H37NO6Si/c1-26(2,3)34(4,5)33-22-20(17-28)31-25(30)21(27-16-18-12-8-6-9-13-18)23(22)32-24(29)19-14-10-7-11-15-19/h6-15,20-23,25,27-28,30H,16-17H2,1-5H3/t20-,21-,22-,23-,25+/m1/s1. The van der Waals surface area contributed by atoms with E-state index in [1.807, 2.05) is 36.4 Å². The van der Waals surface area contributed by atoms with Crippen LogP contribution < -0.4 is 5.32 Å². The van der Waals surface area contributed by atoms with Crippen LogP contribution in [0.3, 0.4) is 0 Å². The Balaban J connectivity index is 1.93. The minimum absolute atomic E-state index is 0.121. The van der Waals surface area contributed by atoms with Crippen molar-refractivity contribution < 1.29 is 28.9 Å². The van der Waals surface area contributed by atoms with Crippen LogP contribution >= 0.6 is 0 Å². The summed E-state index contributed by atoms with van der Waals surface area (Å²) in [6.45, 7) is 10.6. The zero-order chi connectivity index (χ0) is 24.9. The summed E-state index contributed by atoms with van der Waals surface area (Å²) in [5.41, 5.74) is 1.41. The summed E-state index contributed by atoms with van der Waals surface area (Å²) < 4.78 is 18.4. The topological polar surface area (TPSA) is 97.3 Å². The third-order valence-corrected chi connectivity index (χ3v) is 11.2. The van der Waals surface area contributed by atoms with E-state index < -0.39 is 44.9 Å². The number of esters is 1. The molecule has 1 aliphatic rings. The van der Waals surface area contributed by atoms with E-state index >= 15 is 0 Å². The Bertz CT molecular complexity index is 918. The molecular formula is C26H37NO6Si. The van der Waals surface area contributed by atoms with Crippen LogP contribution in [0.1, 0.15) is 36.7 Å². The predicted octanol–water partition coefficient (Wildman–Crippen LogP) is 3.47. The molecule has 0 bridgehead atoms. The zero-order valence-corrected chi connectivity index (χ0v) is 21.6. The summed E-state index contributed by atoms with van der Waals surface area (Å²) >= 11 is 0. The molecule has 5 atom stereocenters. The Kier molecular flexibility index (Phi) is 8.67. The highest BCUT2D eigenvalue weighted by Gasteiger charge is 2.51. The molecule has 34 heavy (non-hydrogen) atoms. The fourth-order valence-corrected chi connectivity index (χ4v) is 5.00. The molecule has 3 rings (SSSR count). The summed E-state index contributed by atoms with van der Waals surface area (Å²) in [7, 11) is -2.35. The molecule has 186 valence electrons. The number of ether oxygens (including phenoxy) is 2. The van der Waals surface area contributed by atoms with Crippen LogP contribution in [0.4, 0.5) is 0 Å². The molecule has 1 aliphatic heterocycles. The highest BCUT2D eigenvalue weighted by Crippen LogP contribution is 2.40. The van der Waals surface area contributed by atoms with Crippen LogP contribution in [0, 0.1) is 0 Å². The lowest BCUT2D eigenvalue weighted by Crippen LogP contribution is -2.67. The summed E-state index contributed by atoms with van der Waals surface area (Å²) in [5.74, 6) is -0.522. The van der Waals surface area contributed by atoms with Crippen molar-refractivity contribution in [2.45, 2.75) is 76.1 Å². The normalized spacial score (nSPS) is 25.7. The highest BCUT2D eigenvalue weighted by atomic mass is 28.4. The van der Waals surface area contributed by atoms with Crippen molar-refractivity contribution in [3.8, 4) is 0 Å². The van der Waals surface area contributed by atoms with Crippen molar-refractivity contribution in [3.63, 3.8) is 0 Å². The van der Waals surface area contributed by atoms with E-state index in [9.17, 15) is 15.0 Å². The quantitative estimate of drug-likeness (QED) is 0.387. The fraction of sp³-hybridized carbons (Fsp3) is 0.500. The number of benzene rings is 2. The molecule has 0 unspecified atom stereocenters. The summed E-state index contributed by atoms with van der Waals surface area (Å²) in [5, 5.41) is 24.1. The molecule has 0 spiro atoms. The number of aliphatic hydroxyl groups excluding tert-OH is 2. The van der Waals surface area contributed by atoms with Gasteiger partial charge in [-0.25, -0.2) is 4.79 Å². The van der Waals surface area contributed by atoms with E-state index in [0.717, 1.165) is 5.56 Å². The Hall–Kier alpha value is -2.07. The van der Waals surface area contributed by atoms with Crippen molar-refractivity contribution in [3.05, 3.63) is 71.8 Å². The van der Waals surface area contributed by atoms with Gasteiger partial charge in [0.1, 0.15) is 18.3 Å². The van der Waals surface area contributed by atoms with Gasteiger partial charge in [-0.3, -0.25) is 0 Å². The monoisotopic (exact) mass is 487 g/mol. The van der Waals surface area contributed by atoms with E-state index in [1.54, 1.807) is 24.3 Å². The fourth-order valence-electron chi connectivity index (χ4n) is 3.68. The molecule has 2 aromatic rings. The number of hydrogen-bond donors (Lipinski definition) is 3. The van der Waals surface area contributed by atoms with Gasteiger partial charge in [-0.2, -0.15) is 0 Å². The molecule has 2 aromatic carbocycles. The maximum Gasteiger partial charge on any atom is 0.338 e. The van der Waals surface area contributed by atoms with Crippen molar-refractivity contribution in [1.29, 1.82) is 0 Å². The predicted molar refractivity (Wildman–Crippen MR) is 133 cm³/mol. The molecule has 0 saturated carbocycles. The van der Waals surface area contributed by atoms with Gasteiger partial charge in [0.25, 0.3) is 0 Å². The molecule has 0 aliphatic carbocycles. The lowest BCUT2D eigenvalue weighted by atomic mass is 9.96. The molecule has 0 aromatic heterocycles. The number of hydrogen-bond acceptors (Lipinski definition) is 7. The van der Waals surface area contributed by atoms with Crippen LogP contribution in [0.25, 0.3) is 0 Å². The van der Waals surface area contributed by atoms with Crippen molar-refractivity contribution in [2.24, 2.45) is 0 Å². The summed E-state index contributed by atoms with van der Waals surface area (Å²) in [6, 6.07) is 17.7. The van der Waals surface area contributed by atoms with Gasteiger partial charge in [0, 0.05) is 6.54 Å². The molecular weight excluding hydrogens is 450 g/mol. The maximum atomic E-state index is 13.1. The van der Waals surface area contributed by atoms with Crippen LogP contribution in [0.5, 0.6) is 0 Å². The third kappa shape index (κ3) is 6.32. The summed E-state index contributed by atoms with van der Waals surface area (Å²) in [6.07, 6.45) is -3.78.